The smallest absolute Gasteiger partial charge is 0.272 e. The third-order valence-electron chi connectivity index (χ3n) is 4.92. The quantitative estimate of drug-likeness (QED) is 0.917. The molecule has 0 bridgehead atoms. The van der Waals surface area contributed by atoms with Gasteiger partial charge in [0.1, 0.15) is 5.69 Å². The number of hydrogen-bond donors (Lipinski definition) is 1. The Hall–Kier alpha value is -2.63. The van der Waals surface area contributed by atoms with Gasteiger partial charge in [-0.3, -0.25) is 4.79 Å². The maximum absolute atomic E-state index is 12.9. The molecule has 1 saturated carbocycles. The van der Waals surface area contributed by atoms with Crippen LogP contribution in [0.25, 0.3) is 0 Å². The van der Waals surface area contributed by atoms with Gasteiger partial charge >= 0.3 is 0 Å². The normalized spacial score (nSPS) is 17.3. The van der Waals surface area contributed by atoms with Gasteiger partial charge in [0.25, 0.3) is 5.91 Å². The lowest BCUT2D eigenvalue weighted by Gasteiger charge is -2.36. The highest BCUT2D eigenvalue weighted by Crippen LogP contribution is 2.23. The zero-order valence-electron chi connectivity index (χ0n) is 15.4. The van der Waals surface area contributed by atoms with Gasteiger partial charge in [-0.1, -0.05) is 12.1 Å². The van der Waals surface area contributed by atoms with Crippen molar-refractivity contribution in [3.8, 4) is 0 Å². The first kappa shape index (κ1) is 16.8. The number of rotatable bonds is 4. The summed E-state index contributed by atoms with van der Waals surface area (Å²) < 4.78 is 0. The van der Waals surface area contributed by atoms with E-state index in [1.54, 1.807) is 6.07 Å². The van der Waals surface area contributed by atoms with Gasteiger partial charge in [0.2, 0.25) is 5.95 Å². The van der Waals surface area contributed by atoms with E-state index >= 15 is 0 Å². The van der Waals surface area contributed by atoms with Crippen LogP contribution in [0.5, 0.6) is 0 Å². The number of aryl methyl sites for hydroxylation is 2. The second-order valence-electron chi connectivity index (χ2n) is 7.26. The summed E-state index contributed by atoms with van der Waals surface area (Å²) in [6, 6.07) is 10.8. The minimum atomic E-state index is -0.00163. The molecule has 2 fully saturated rings. The Bertz CT molecular complexity index is 810. The van der Waals surface area contributed by atoms with Crippen molar-refractivity contribution in [2.45, 2.75) is 32.7 Å². The van der Waals surface area contributed by atoms with E-state index in [1.807, 2.05) is 11.8 Å². The highest BCUT2D eigenvalue weighted by atomic mass is 16.2. The van der Waals surface area contributed by atoms with Crippen molar-refractivity contribution < 1.29 is 4.79 Å². The molecule has 1 aliphatic heterocycles. The first-order valence-corrected chi connectivity index (χ1v) is 9.31. The maximum atomic E-state index is 12.9. The Balaban J connectivity index is 1.42. The Kier molecular flexibility index (Phi) is 4.49. The first-order chi connectivity index (χ1) is 12.6. The van der Waals surface area contributed by atoms with Crippen molar-refractivity contribution in [3.05, 3.63) is 47.3 Å². The molecule has 1 N–H and O–H groups in total. The highest BCUT2D eigenvalue weighted by Gasteiger charge is 2.25. The number of aromatic nitrogens is 2. The maximum Gasteiger partial charge on any atom is 0.272 e. The summed E-state index contributed by atoms with van der Waals surface area (Å²) in [6.07, 6.45) is 2.31. The van der Waals surface area contributed by atoms with Crippen molar-refractivity contribution in [3.63, 3.8) is 0 Å². The van der Waals surface area contributed by atoms with Crippen LogP contribution in [0.4, 0.5) is 11.6 Å². The molecule has 1 aliphatic carbocycles. The molecular weight excluding hydrogens is 326 g/mol. The second kappa shape index (κ2) is 6.94. The summed E-state index contributed by atoms with van der Waals surface area (Å²) in [5.74, 6) is 0.576. The topological polar surface area (TPSA) is 61.4 Å². The minimum Gasteiger partial charge on any atom is -0.368 e. The van der Waals surface area contributed by atoms with Gasteiger partial charge in [0, 0.05) is 43.6 Å². The van der Waals surface area contributed by atoms with E-state index in [1.165, 1.54) is 11.3 Å². The van der Waals surface area contributed by atoms with Crippen LogP contribution >= 0.6 is 0 Å². The lowest BCUT2D eigenvalue weighted by atomic mass is 10.2. The van der Waals surface area contributed by atoms with Crippen molar-refractivity contribution in [2.75, 3.05) is 36.4 Å². The molecule has 26 heavy (non-hydrogen) atoms. The van der Waals surface area contributed by atoms with Gasteiger partial charge in [0.15, 0.2) is 0 Å². The van der Waals surface area contributed by atoms with E-state index in [-0.39, 0.29) is 5.91 Å². The summed E-state index contributed by atoms with van der Waals surface area (Å²) in [6.45, 7) is 7.11. The van der Waals surface area contributed by atoms with Gasteiger partial charge in [-0.2, -0.15) is 0 Å². The van der Waals surface area contributed by atoms with E-state index in [4.69, 9.17) is 0 Å². The van der Waals surface area contributed by atoms with Crippen molar-refractivity contribution >= 4 is 17.5 Å². The lowest BCUT2D eigenvalue weighted by molar-refractivity contribution is 0.0740. The molecule has 1 amide bonds. The van der Waals surface area contributed by atoms with Gasteiger partial charge in [0.05, 0.1) is 0 Å². The Morgan fingerprint density at radius 2 is 1.85 bits per heavy atom. The van der Waals surface area contributed by atoms with E-state index in [0.717, 1.165) is 31.6 Å². The van der Waals surface area contributed by atoms with Crippen LogP contribution in [0, 0.1) is 13.8 Å². The van der Waals surface area contributed by atoms with Crippen LogP contribution in [-0.4, -0.2) is 53.0 Å². The largest absolute Gasteiger partial charge is 0.368 e. The average Bonchev–Trinajstić information content (AvgIpc) is 3.45. The first-order valence-electron chi connectivity index (χ1n) is 9.31. The Morgan fingerprint density at radius 1 is 1.08 bits per heavy atom. The number of carbonyl (C=O) groups is 1. The van der Waals surface area contributed by atoms with Crippen LogP contribution < -0.4 is 10.2 Å². The summed E-state index contributed by atoms with van der Waals surface area (Å²) in [5.41, 5.74) is 3.80. The van der Waals surface area contributed by atoms with Crippen LogP contribution in [0.1, 0.15) is 34.6 Å². The molecule has 1 aromatic heterocycles. The van der Waals surface area contributed by atoms with Gasteiger partial charge in [-0.05, 0) is 50.5 Å². The molecule has 6 heteroatoms. The zero-order chi connectivity index (χ0) is 18.1. The Labute approximate surface area is 154 Å². The van der Waals surface area contributed by atoms with E-state index in [9.17, 15) is 4.79 Å². The lowest BCUT2D eigenvalue weighted by Crippen LogP contribution is -2.49. The fourth-order valence-electron chi connectivity index (χ4n) is 3.31. The summed E-state index contributed by atoms with van der Waals surface area (Å²) in [4.78, 5) is 26.0. The van der Waals surface area contributed by atoms with Crippen molar-refractivity contribution in [2.24, 2.45) is 0 Å². The molecule has 6 nitrogen and oxygen atoms in total. The number of carbonyl (C=O) groups excluding carboxylic acids is 1. The molecule has 2 aromatic rings. The van der Waals surface area contributed by atoms with Crippen LogP contribution in [-0.2, 0) is 0 Å². The number of amides is 1. The molecule has 2 aliphatic rings. The molecule has 1 aromatic carbocycles. The molecule has 0 radical (unpaired) electrons. The van der Waals surface area contributed by atoms with Crippen LogP contribution in [0.3, 0.4) is 0 Å². The number of nitrogens with one attached hydrogen (secondary N) is 1. The number of benzene rings is 1. The summed E-state index contributed by atoms with van der Waals surface area (Å²) in [7, 11) is 0. The number of hydrogen-bond acceptors (Lipinski definition) is 5. The zero-order valence-corrected chi connectivity index (χ0v) is 15.4. The van der Waals surface area contributed by atoms with Crippen molar-refractivity contribution in [1.82, 2.24) is 14.9 Å². The Morgan fingerprint density at radius 3 is 2.54 bits per heavy atom. The van der Waals surface area contributed by atoms with Crippen molar-refractivity contribution in [1.29, 1.82) is 0 Å². The second-order valence-corrected chi connectivity index (χ2v) is 7.26. The van der Waals surface area contributed by atoms with E-state index < -0.39 is 0 Å². The number of nitrogens with zero attached hydrogens (tertiary/aromatic N) is 4. The van der Waals surface area contributed by atoms with Crippen LogP contribution in [0.2, 0.25) is 0 Å². The average molecular weight is 351 g/mol. The fraction of sp³-hybridized carbons (Fsp3) is 0.450. The molecule has 0 spiro atoms. The van der Waals surface area contributed by atoms with Gasteiger partial charge in [-0.15, -0.1) is 0 Å². The number of piperazine rings is 1. The third kappa shape index (κ3) is 3.79. The third-order valence-corrected chi connectivity index (χ3v) is 4.92. The molecule has 1 saturated heterocycles. The van der Waals surface area contributed by atoms with Gasteiger partial charge in [-0.25, -0.2) is 9.97 Å². The molecule has 2 heterocycles. The SMILES string of the molecule is Cc1cccc(N2CCN(C(=O)c3cc(C)nc(NC4CC4)n3)CC2)c1. The minimum absolute atomic E-state index is 0.00163. The fourth-order valence-corrected chi connectivity index (χ4v) is 3.31. The standard InChI is InChI=1S/C20H25N5O/c1-14-4-3-5-17(12-14)24-8-10-25(11-9-24)19(26)18-13-15(2)21-20(23-18)22-16-6-7-16/h3-5,12-13,16H,6-11H2,1-2H3,(H,21,22,23). The summed E-state index contributed by atoms with van der Waals surface area (Å²) in [5, 5.41) is 3.29. The summed E-state index contributed by atoms with van der Waals surface area (Å²) >= 11 is 0. The molecule has 0 atom stereocenters. The predicted molar refractivity (Wildman–Crippen MR) is 103 cm³/mol. The van der Waals surface area contributed by atoms with E-state index in [0.29, 0.717) is 30.8 Å². The van der Waals surface area contributed by atoms with Crippen LogP contribution in [0.15, 0.2) is 30.3 Å². The van der Waals surface area contributed by atoms with E-state index in [2.05, 4.69) is 51.4 Å². The monoisotopic (exact) mass is 351 g/mol. The molecule has 4 rings (SSSR count). The predicted octanol–water partition coefficient (Wildman–Crippen LogP) is 2.63. The van der Waals surface area contributed by atoms with Gasteiger partial charge < -0.3 is 15.1 Å². The highest BCUT2D eigenvalue weighted by molar-refractivity contribution is 5.92. The number of anilines is 2. The molecule has 136 valence electrons. The molecular formula is C20H25N5O. The molecule has 0 unspecified atom stereocenters.